The molecule has 1 aromatic carbocycles. The number of aryl methyl sites for hydroxylation is 1. The van der Waals surface area contributed by atoms with E-state index in [0.29, 0.717) is 11.0 Å². The van der Waals surface area contributed by atoms with Gasteiger partial charge in [-0.25, -0.2) is 14.5 Å². The number of hydrogen-bond donors (Lipinski definition) is 1. The van der Waals surface area contributed by atoms with Gasteiger partial charge >= 0.3 is 5.97 Å². The fourth-order valence-electron chi connectivity index (χ4n) is 2.11. The van der Waals surface area contributed by atoms with E-state index in [-0.39, 0.29) is 11.6 Å². The molecule has 2 heterocycles. The highest BCUT2D eigenvalue weighted by Crippen LogP contribution is 2.26. The molecule has 0 spiro atoms. The first-order chi connectivity index (χ1) is 9.58. The molecule has 0 aliphatic rings. The molecule has 3 rings (SSSR count). The van der Waals surface area contributed by atoms with Gasteiger partial charge in [0.15, 0.2) is 0 Å². The molecular weight excluding hydrogens is 276 g/mol. The monoisotopic (exact) mass is 288 g/mol. The highest BCUT2D eigenvalue weighted by atomic mass is 32.1. The lowest BCUT2D eigenvalue weighted by Gasteiger charge is -2.10. The Kier molecular flexibility index (Phi) is 2.98. The highest BCUT2D eigenvalue weighted by molar-refractivity contribution is 7.11. The number of carboxylic acid groups (broad SMARTS) is 1. The summed E-state index contributed by atoms with van der Waals surface area (Å²) in [4.78, 5) is 16.8. The van der Waals surface area contributed by atoms with Crippen molar-refractivity contribution in [1.29, 1.82) is 0 Å². The third-order valence-electron chi connectivity index (χ3n) is 3.09. The van der Waals surface area contributed by atoms with Gasteiger partial charge in [-0.1, -0.05) is 11.3 Å². The number of hydrogen-bond acceptors (Lipinski definition) is 5. The second-order valence-corrected chi connectivity index (χ2v) is 5.76. The zero-order valence-corrected chi connectivity index (χ0v) is 11.8. The molecular formula is C13H12N4O2S. The molecule has 0 aliphatic carbocycles. The van der Waals surface area contributed by atoms with E-state index >= 15 is 0 Å². The summed E-state index contributed by atoms with van der Waals surface area (Å²) in [5.41, 5.74) is 1.30. The molecule has 2 aromatic heterocycles. The Morgan fingerprint density at radius 3 is 2.90 bits per heavy atom. The van der Waals surface area contributed by atoms with E-state index in [1.54, 1.807) is 40.4 Å². The first-order valence-corrected chi connectivity index (χ1v) is 6.89. The summed E-state index contributed by atoms with van der Waals surface area (Å²) in [6, 6.07) is 4.83. The van der Waals surface area contributed by atoms with E-state index in [1.165, 1.54) is 0 Å². The van der Waals surface area contributed by atoms with Crippen LogP contribution in [0, 0.1) is 6.92 Å². The third kappa shape index (κ3) is 1.96. The molecule has 102 valence electrons. The Morgan fingerprint density at radius 2 is 2.25 bits per heavy atom. The van der Waals surface area contributed by atoms with Crippen LogP contribution in [0.2, 0.25) is 0 Å². The lowest BCUT2D eigenvalue weighted by Crippen LogP contribution is -2.11. The molecule has 1 unspecified atom stereocenters. The Balaban J connectivity index is 2.19. The Morgan fingerprint density at radius 1 is 1.45 bits per heavy atom. The number of benzene rings is 1. The van der Waals surface area contributed by atoms with Gasteiger partial charge in [0.2, 0.25) is 0 Å². The van der Waals surface area contributed by atoms with Crippen molar-refractivity contribution in [1.82, 2.24) is 20.0 Å². The SMILES string of the molecule is Cc1cnc(C(C)n2nnc3cccc(C(=O)O)c32)s1. The largest absolute Gasteiger partial charge is 0.478 e. The van der Waals surface area contributed by atoms with Crippen molar-refractivity contribution in [2.24, 2.45) is 0 Å². The predicted octanol–water partition coefficient (Wildman–Crippen LogP) is 2.50. The number of fused-ring (bicyclic) bond motifs is 1. The third-order valence-corrected chi connectivity index (χ3v) is 4.17. The molecule has 1 N–H and O–H groups in total. The van der Waals surface area contributed by atoms with Crippen molar-refractivity contribution in [3.63, 3.8) is 0 Å². The molecule has 1 atom stereocenters. The number of para-hydroxylation sites is 1. The molecule has 0 fully saturated rings. The van der Waals surface area contributed by atoms with Gasteiger partial charge in [-0.2, -0.15) is 0 Å². The minimum Gasteiger partial charge on any atom is -0.478 e. The van der Waals surface area contributed by atoms with Crippen LogP contribution < -0.4 is 0 Å². The first-order valence-electron chi connectivity index (χ1n) is 6.07. The summed E-state index contributed by atoms with van der Waals surface area (Å²) in [6.07, 6.45) is 1.80. The average molecular weight is 288 g/mol. The van der Waals surface area contributed by atoms with Crippen molar-refractivity contribution < 1.29 is 9.90 Å². The average Bonchev–Trinajstić information content (AvgIpc) is 3.03. The van der Waals surface area contributed by atoms with Crippen molar-refractivity contribution >= 4 is 28.3 Å². The smallest absolute Gasteiger partial charge is 0.337 e. The van der Waals surface area contributed by atoms with Crippen LogP contribution in [0.25, 0.3) is 11.0 Å². The summed E-state index contributed by atoms with van der Waals surface area (Å²) < 4.78 is 1.62. The van der Waals surface area contributed by atoms with Crippen LogP contribution in [-0.4, -0.2) is 31.1 Å². The Bertz CT molecular complexity index is 793. The molecule has 6 nitrogen and oxygen atoms in total. The van der Waals surface area contributed by atoms with E-state index < -0.39 is 5.97 Å². The molecule has 3 aromatic rings. The van der Waals surface area contributed by atoms with E-state index in [9.17, 15) is 9.90 Å². The molecule has 0 amide bonds. The van der Waals surface area contributed by atoms with Crippen LogP contribution in [0.5, 0.6) is 0 Å². The number of aromatic carboxylic acids is 1. The maximum Gasteiger partial charge on any atom is 0.337 e. The summed E-state index contributed by atoms with van der Waals surface area (Å²) in [6.45, 7) is 3.92. The Hall–Kier alpha value is -2.28. The normalized spacial score (nSPS) is 12.7. The van der Waals surface area contributed by atoms with E-state index in [1.807, 2.05) is 13.8 Å². The van der Waals surface area contributed by atoms with Crippen LogP contribution in [0.3, 0.4) is 0 Å². The molecule has 0 saturated heterocycles. The van der Waals surface area contributed by atoms with Crippen molar-refractivity contribution in [3.8, 4) is 0 Å². The first kappa shape index (κ1) is 12.7. The number of nitrogens with zero attached hydrogens (tertiary/aromatic N) is 4. The molecule has 0 radical (unpaired) electrons. The second kappa shape index (κ2) is 4.68. The van der Waals surface area contributed by atoms with Gasteiger partial charge in [-0.3, -0.25) is 0 Å². The summed E-state index contributed by atoms with van der Waals surface area (Å²) in [7, 11) is 0. The van der Waals surface area contributed by atoms with Crippen molar-refractivity contribution in [2.75, 3.05) is 0 Å². The van der Waals surface area contributed by atoms with Gasteiger partial charge in [0.05, 0.1) is 5.56 Å². The van der Waals surface area contributed by atoms with Gasteiger partial charge in [0, 0.05) is 11.1 Å². The van der Waals surface area contributed by atoms with Gasteiger partial charge in [-0.05, 0) is 26.0 Å². The van der Waals surface area contributed by atoms with Gasteiger partial charge < -0.3 is 5.11 Å². The van der Waals surface area contributed by atoms with Crippen LogP contribution in [0.1, 0.15) is 33.2 Å². The number of carbonyl (C=O) groups is 1. The van der Waals surface area contributed by atoms with Crippen molar-refractivity contribution in [2.45, 2.75) is 19.9 Å². The lowest BCUT2D eigenvalue weighted by atomic mass is 10.1. The maximum atomic E-state index is 11.3. The molecule has 0 saturated carbocycles. The minimum atomic E-state index is -0.985. The molecule has 7 heteroatoms. The maximum absolute atomic E-state index is 11.3. The molecule has 20 heavy (non-hydrogen) atoms. The van der Waals surface area contributed by atoms with Gasteiger partial charge in [0.1, 0.15) is 22.1 Å². The van der Waals surface area contributed by atoms with E-state index in [2.05, 4.69) is 15.3 Å². The second-order valence-electron chi connectivity index (χ2n) is 4.50. The number of aromatic nitrogens is 4. The van der Waals surface area contributed by atoms with E-state index in [4.69, 9.17) is 0 Å². The minimum absolute atomic E-state index is 0.154. The predicted molar refractivity (Wildman–Crippen MR) is 75.2 cm³/mol. The van der Waals surface area contributed by atoms with Gasteiger partial charge in [0.25, 0.3) is 0 Å². The topological polar surface area (TPSA) is 80.9 Å². The number of thiazole rings is 1. The standard InChI is InChI=1S/C13H12N4O2S/c1-7-6-14-12(20-7)8(2)17-11-9(13(18)19)4-3-5-10(11)15-16-17/h3-6,8H,1-2H3,(H,18,19). The molecule has 0 aliphatic heterocycles. The van der Waals surface area contributed by atoms with Gasteiger partial charge in [-0.15, -0.1) is 16.4 Å². The molecule has 0 bridgehead atoms. The Labute approximate surface area is 118 Å². The lowest BCUT2D eigenvalue weighted by molar-refractivity contribution is 0.0698. The van der Waals surface area contributed by atoms with Crippen molar-refractivity contribution in [3.05, 3.63) is 39.8 Å². The van der Waals surface area contributed by atoms with E-state index in [0.717, 1.165) is 9.88 Å². The summed E-state index contributed by atoms with van der Waals surface area (Å²) in [5, 5.41) is 18.3. The highest BCUT2D eigenvalue weighted by Gasteiger charge is 2.20. The summed E-state index contributed by atoms with van der Waals surface area (Å²) in [5.74, 6) is -0.985. The van der Waals surface area contributed by atoms with Crippen LogP contribution in [0.4, 0.5) is 0 Å². The fraction of sp³-hybridized carbons (Fsp3) is 0.231. The number of carboxylic acids is 1. The van der Waals surface area contributed by atoms with Crippen LogP contribution in [0.15, 0.2) is 24.4 Å². The summed E-state index contributed by atoms with van der Waals surface area (Å²) >= 11 is 1.57. The zero-order valence-electron chi connectivity index (χ0n) is 10.9. The number of rotatable bonds is 3. The fourth-order valence-corrected chi connectivity index (χ4v) is 2.92. The zero-order chi connectivity index (χ0) is 14.3. The quantitative estimate of drug-likeness (QED) is 0.801. The van der Waals surface area contributed by atoms with Crippen LogP contribution >= 0.6 is 11.3 Å². The van der Waals surface area contributed by atoms with Crippen LogP contribution in [-0.2, 0) is 0 Å².